The first-order chi connectivity index (χ1) is 8.42. The zero-order chi connectivity index (χ0) is 15.0. The third kappa shape index (κ3) is 31.5. The van der Waals surface area contributed by atoms with Crippen molar-refractivity contribution in [1.29, 1.82) is 0 Å². The van der Waals surface area contributed by atoms with Crippen LogP contribution in [0.4, 0.5) is 14.4 Å². The number of carbonyl (C=O) groups excluding carboxylic acids is 3. The molecule has 110 valence electrons. The second-order valence-electron chi connectivity index (χ2n) is 1.85. The summed E-state index contributed by atoms with van der Waals surface area (Å²) in [4.78, 5) is 29.1. The minimum atomic E-state index is -0.602. The summed E-state index contributed by atoms with van der Waals surface area (Å²) in [5, 5.41) is 0. The van der Waals surface area contributed by atoms with Crippen LogP contribution in [0.25, 0.3) is 0 Å². The second kappa shape index (κ2) is 21.7. The van der Waals surface area contributed by atoms with Gasteiger partial charge in [0.15, 0.2) is 0 Å². The van der Waals surface area contributed by atoms with Crippen molar-refractivity contribution in [3.63, 3.8) is 0 Å². The number of rotatable bonds is 0. The van der Waals surface area contributed by atoms with E-state index in [-0.39, 0.29) is 27.3 Å². The predicted octanol–water partition coefficient (Wildman–Crippen LogP) is -5.90. The van der Waals surface area contributed by atoms with E-state index in [1.54, 1.807) is 32.6 Å². The van der Waals surface area contributed by atoms with Crippen LogP contribution in [-0.2, 0) is 27.3 Å². The van der Waals surface area contributed by atoms with Crippen LogP contribution in [0.5, 0.6) is 0 Å². The molecule has 0 radical (unpaired) electrons. The van der Waals surface area contributed by atoms with Crippen molar-refractivity contribution in [2.24, 2.45) is 35.1 Å². The zero-order valence-corrected chi connectivity index (χ0v) is 13.9. The van der Waals surface area contributed by atoms with Gasteiger partial charge in [-0.1, -0.05) is 0 Å². The Hall–Kier alpha value is -1.51. The van der Waals surface area contributed by atoms with Crippen molar-refractivity contribution in [1.82, 2.24) is 32.6 Å². The Morgan fingerprint density at radius 3 is 0.579 bits per heavy atom. The van der Waals surface area contributed by atoms with E-state index in [1.165, 1.54) is 0 Å². The summed E-state index contributed by atoms with van der Waals surface area (Å²) in [6.45, 7) is 0. The molecule has 16 heteroatoms. The van der Waals surface area contributed by atoms with Gasteiger partial charge in [-0.15, -0.1) is 0 Å². The fourth-order valence-electron chi connectivity index (χ4n) is 0.125. The van der Waals surface area contributed by atoms with E-state index < -0.39 is 18.1 Å². The fraction of sp³-hybridized carbons (Fsp3) is 0. The van der Waals surface area contributed by atoms with Crippen LogP contribution in [0.3, 0.4) is 0 Å². The van der Waals surface area contributed by atoms with Gasteiger partial charge in [0.2, 0.25) is 0 Å². The molecule has 15 nitrogen and oxygen atoms in total. The topological polar surface area (TPSA) is 280 Å². The first-order valence-corrected chi connectivity index (χ1v) is 3.84. The Morgan fingerprint density at radius 1 is 0.474 bits per heavy atom. The normalized spacial score (nSPS) is 6.63. The van der Waals surface area contributed by atoms with E-state index in [0.29, 0.717) is 0 Å². The Labute approximate surface area is 127 Å². The number of hydrazine groups is 6. The van der Waals surface area contributed by atoms with Crippen LogP contribution in [0, 0.1) is 0 Å². The summed E-state index contributed by atoms with van der Waals surface area (Å²) in [5.74, 6) is 27.2. The summed E-state index contributed by atoms with van der Waals surface area (Å²) in [7, 11) is 0. The second-order valence-corrected chi connectivity index (χ2v) is 1.85. The monoisotopic (exact) mass is 384 g/mol. The maximum atomic E-state index is 9.71. The van der Waals surface area contributed by atoms with Crippen LogP contribution in [0.1, 0.15) is 0 Å². The molecule has 0 aromatic rings. The standard InChI is InChI=1S/3CH6N4O.Cd/c3*2-4-1(6)5-3;/h3*2-3H2,(H2,4,5,6);. The Balaban J connectivity index is -0.0000000865. The van der Waals surface area contributed by atoms with Gasteiger partial charge < -0.3 is 0 Å². The third-order valence-corrected chi connectivity index (χ3v) is 0.787. The van der Waals surface area contributed by atoms with Gasteiger partial charge in [0, 0.05) is 27.3 Å². The number of hydrogen-bond donors (Lipinski definition) is 12. The first kappa shape index (κ1) is 26.1. The molecule has 0 bridgehead atoms. The Bertz CT molecular complexity index is 180. The van der Waals surface area contributed by atoms with Gasteiger partial charge in [0.25, 0.3) is 0 Å². The van der Waals surface area contributed by atoms with Crippen molar-refractivity contribution in [2.75, 3.05) is 0 Å². The molecule has 6 amide bonds. The fourth-order valence-corrected chi connectivity index (χ4v) is 0.125. The van der Waals surface area contributed by atoms with Crippen molar-refractivity contribution in [2.45, 2.75) is 0 Å². The van der Waals surface area contributed by atoms with E-state index >= 15 is 0 Å². The average Bonchev–Trinajstić information content (AvgIpc) is 2.45. The molecule has 18 N–H and O–H groups in total. The molecule has 0 heterocycles. The van der Waals surface area contributed by atoms with Gasteiger partial charge in [-0.25, -0.2) is 49.4 Å². The molecular formula is C3H18CdN12O3. The minimum Gasteiger partial charge on any atom is -0.275 e. The smallest absolute Gasteiger partial charge is 0.275 e. The van der Waals surface area contributed by atoms with Crippen molar-refractivity contribution < 1.29 is 41.7 Å². The molecule has 0 saturated heterocycles. The minimum absolute atomic E-state index is 0. The van der Waals surface area contributed by atoms with Crippen molar-refractivity contribution >= 4 is 18.1 Å². The van der Waals surface area contributed by atoms with Gasteiger partial charge in [-0.05, 0) is 0 Å². The number of urea groups is 3. The van der Waals surface area contributed by atoms with Crippen LogP contribution in [0.2, 0.25) is 0 Å². The molecule has 0 aliphatic heterocycles. The van der Waals surface area contributed by atoms with E-state index in [9.17, 15) is 14.4 Å². The summed E-state index contributed by atoms with van der Waals surface area (Å²) in [6, 6.07) is -1.81. The van der Waals surface area contributed by atoms with Crippen LogP contribution < -0.4 is 67.6 Å². The summed E-state index contributed by atoms with van der Waals surface area (Å²) in [5.41, 5.74) is 10.4. The Kier molecular flexibility index (Phi) is 29.9. The summed E-state index contributed by atoms with van der Waals surface area (Å²) in [6.07, 6.45) is 0. The van der Waals surface area contributed by atoms with Gasteiger partial charge in [0.1, 0.15) is 0 Å². The SMILES string of the molecule is NNC(=O)NN.NNC(=O)NN.NNC(=O)NN.[Cd]. The van der Waals surface area contributed by atoms with E-state index in [2.05, 4.69) is 35.1 Å². The number of hydrogen-bond acceptors (Lipinski definition) is 9. The molecule has 0 unspecified atom stereocenters. The maximum absolute atomic E-state index is 9.71. The number of nitrogens with one attached hydrogen (secondary N) is 6. The van der Waals surface area contributed by atoms with E-state index in [0.717, 1.165) is 0 Å². The molecule has 0 fully saturated rings. The van der Waals surface area contributed by atoms with Gasteiger partial charge in [0.05, 0.1) is 0 Å². The Morgan fingerprint density at radius 2 is 0.579 bits per heavy atom. The summed E-state index contributed by atoms with van der Waals surface area (Å²) < 4.78 is 0. The van der Waals surface area contributed by atoms with Gasteiger partial charge in [-0.2, -0.15) is 0 Å². The maximum Gasteiger partial charge on any atom is 0.343 e. The number of nitrogens with two attached hydrogens (primary N) is 6. The van der Waals surface area contributed by atoms with Gasteiger partial charge in [-0.3, -0.25) is 32.6 Å². The molecule has 0 rings (SSSR count). The molecule has 0 saturated carbocycles. The molecular weight excluding hydrogens is 365 g/mol. The van der Waals surface area contributed by atoms with Crippen LogP contribution in [0.15, 0.2) is 0 Å². The summed E-state index contributed by atoms with van der Waals surface area (Å²) >= 11 is 0. The third-order valence-electron chi connectivity index (χ3n) is 0.787. The molecule has 0 atom stereocenters. The zero-order valence-electron chi connectivity index (χ0n) is 9.90. The largest absolute Gasteiger partial charge is 0.343 e. The average molecular weight is 383 g/mol. The molecule has 0 aromatic carbocycles. The van der Waals surface area contributed by atoms with Gasteiger partial charge >= 0.3 is 18.1 Å². The molecule has 0 aliphatic rings. The molecule has 0 aliphatic carbocycles. The van der Waals surface area contributed by atoms with E-state index in [1.807, 2.05) is 0 Å². The van der Waals surface area contributed by atoms with Crippen LogP contribution in [-0.4, -0.2) is 18.1 Å². The molecule has 19 heavy (non-hydrogen) atoms. The van der Waals surface area contributed by atoms with E-state index in [4.69, 9.17) is 0 Å². The molecule has 0 spiro atoms. The van der Waals surface area contributed by atoms with Crippen LogP contribution >= 0.6 is 0 Å². The predicted molar refractivity (Wildman–Crippen MR) is 60.1 cm³/mol. The number of amides is 6. The van der Waals surface area contributed by atoms with Crippen molar-refractivity contribution in [3.8, 4) is 0 Å². The quantitative estimate of drug-likeness (QED) is 0.0820. The molecule has 0 aromatic heterocycles. The van der Waals surface area contributed by atoms with Crippen molar-refractivity contribution in [3.05, 3.63) is 0 Å². The first-order valence-electron chi connectivity index (χ1n) is 3.84. The number of carbonyl (C=O) groups is 3.